The van der Waals surface area contributed by atoms with Crippen molar-refractivity contribution in [1.29, 1.82) is 0 Å². The van der Waals surface area contributed by atoms with E-state index in [2.05, 4.69) is 62.3 Å². The summed E-state index contributed by atoms with van der Waals surface area (Å²) in [7, 11) is 0. The summed E-state index contributed by atoms with van der Waals surface area (Å²) in [5.41, 5.74) is 5.00. The number of nitrogens with one attached hydrogen (secondary N) is 1. The second-order valence-electron chi connectivity index (χ2n) is 12.1. The van der Waals surface area contributed by atoms with Crippen LogP contribution in [0.15, 0.2) is 54.2 Å². The van der Waals surface area contributed by atoms with Gasteiger partial charge in [-0.05, 0) is 49.1 Å². The Labute approximate surface area is 268 Å². The van der Waals surface area contributed by atoms with Crippen LogP contribution in [0.4, 0.5) is 5.69 Å². The molecule has 232 valence electrons. The molecule has 7 heteroatoms. The van der Waals surface area contributed by atoms with Crippen molar-refractivity contribution < 1.29 is 35.8 Å². The van der Waals surface area contributed by atoms with Gasteiger partial charge < -0.3 is 31.8 Å². The number of aromatic nitrogens is 1. The second kappa shape index (κ2) is 19.0. The summed E-state index contributed by atoms with van der Waals surface area (Å²) in [6, 6.07) is 13.9. The molecule has 0 unspecified atom stereocenters. The average molecular weight is 660 g/mol. The van der Waals surface area contributed by atoms with Gasteiger partial charge in [0, 0.05) is 16.8 Å². The Balaban J connectivity index is 0.00000616. The molecule has 0 saturated carbocycles. The summed E-state index contributed by atoms with van der Waals surface area (Å²) in [5.74, 6) is 1.40. The zero-order valence-corrected chi connectivity index (χ0v) is 28.7. The normalized spacial score (nSPS) is 11.2. The van der Waals surface area contributed by atoms with E-state index in [1.807, 2.05) is 36.4 Å². The van der Waals surface area contributed by atoms with E-state index in [0.717, 1.165) is 42.1 Å². The van der Waals surface area contributed by atoms with E-state index >= 15 is 0 Å². The van der Waals surface area contributed by atoms with Crippen molar-refractivity contribution in [3.63, 3.8) is 0 Å². The maximum absolute atomic E-state index is 12.7. The number of thiazole rings is 1. The number of unbranched alkanes of at least 4 members (excludes halogenated alkanes) is 9. The van der Waals surface area contributed by atoms with Crippen LogP contribution >= 0.6 is 11.3 Å². The topological polar surface area (TPSA) is 51.4 Å². The Bertz CT molecular complexity index is 1200. The number of halogens is 1. The summed E-state index contributed by atoms with van der Waals surface area (Å²) in [6.07, 6.45) is 15.2. The molecule has 0 radical (unpaired) electrons. The number of hydrogen-bond acceptors (Lipinski definition) is 4. The van der Waals surface area contributed by atoms with Gasteiger partial charge >= 0.3 is 0 Å². The van der Waals surface area contributed by atoms with Crippen LogP contribution in [0.1, 0.15) is 108 Å². The van der Waals surface area contributed by atoms with Gasteiger partial charge in [-0.2, -0.15) is 4.57 Å². The molecule has 0 aliphatic heterocycles. The van der Waals surface area contributed by atoms with Gasteiger partial charge in [-0.3, -0.25) is 4.79 Å². The quantitative estimate of drug-likeness (QED) is 0.135. The Morgan fingerprint density at radius 1 is 0.905 bits per heavy atom. The minimum absolute atomic E-state index is 0. The number of ether oxygens (including phenoxy) is 2. The summed E-state index contributed by atoms with van der Waals surface area (Å²) in [6.45, 7) is 12.3. The van der Waals surface area contributed by atoms with Crippen LogP contribution in [0.3, 0.4) is 0 Å². The molecule has 1 heterocycles. The third kappa shape index (κ3) is 13.3. The molecule has 1 amide bonds. The molecule has 0 fully saturated rings. The molecule has 1 N–H and O–H groups in total. The lowest BCUT2D eigenvalue weighted by atomic mass is 9.86. The van der Waals surface area contributed by atoms with E-state index in [1.165, 1.54) is 62.7 Å². The van der Waals surface area contributed by atoms with Gasteiger partial charge in [-0.1, -0.05) is 109 Å². The molecule has 2 aromatic carbocycles. The molecular formula is C35H51BrN2O3S. The van der Waals surface area contributed by atoms with E-state index in [0.29, 0.717) is 5.75 Å². The Hall–Kier alpha value is -2.38. The van der Waals surface area contributed by atoms with Gasteiger partial charge in [-0.15, -0.1) is 0 Å². The highest BCUT2D eigenvalue weighted by molar-refractivity contribution is 7.09. The maximum atomic E-state index is 12.7. The number of nitrogens with zero attached hydrogens (tertiary/aromatic N) is 1. The molecule has 0 atom stereocenters. The third-order valence-electron chi connectivity index (χ3n) is 7.18. The first kappa shape index (κ1) is 35.8. The number of rotatable bonds is 18. The predicted molar refractivity (Wildman–Crippen MR) is 171 cm³/mol. The molecule has 3 rings (SSSR count). The van der Waals surface area contributed by atoms with Crippen molar-refractivity contribution in [3.05, 3.63) is 70.2 Å². The minimum Gasteiger partial charge on any atom is -1.00 e. The van der Waals surface area contributed by atoms with Gasteiger partial charge in [0.25, 0.3) is 5.91 Å². The summed E-state index contributed by atoms with van der Waals surface area (Å²) in [4.78, 5) is 13.9. The number of anilines is 1. The average Bonchev–Trinajstić information content (AvgIpc) is 3.34. The van der Waals surface area contributed by atoms with Crippen LogP contribution in [0.5, 0.6) is 11.5 Å². The first-order chi connectivity index (χ1) is 19.7. The second-order valence-corrected chi connectivity index (χ2v) is 13.2. The molecular weight excluding hydrogens is 608 g/mol. The minimum atomic E-state index is -0.181. The van der Waals surface area contributed by atoms with E-state index in [9.17, 15) is 4.79 Å². The third-order valence-corrected chi connectivity index (χ3v) is 8.04. The lowest BCUT2D eigenvalue weighted by Crippen LogP contribution is -3.00. The number of carbonyl (C=O) groups excluding carboxylic acids is 1. The highest BCUT2D eigenvalue weighted by Gasteiger charge is 2.20. The summed E-state index contributed by atoms with van der Waals surface area (Å²) in [5, 5.41) is 2.97. The van der Waals surface area contributed by atoms with Crippen molar-refractivity contribution in [1.82, 2.24) is 0 Å². The monoisotopic (exact) mass is 658 g/mol. The standard InChI is InChI=1S/C35H50N2O3S.BrH/c1-6-7-8-9-10-11-12-13-14-15-21-39-33-20-19-31(23-32(33)35(3,4)5)40-26-34(38)36-30-18-16-17-29(22-30)25-37-24-28(2)41-27-37;/h16-20,22-24,27H,6-15,21,25-26H2,1-5H3;1H. The van der Waals surface area contributed by atoms with Crippen LogP contribution in [-0.4, -0.2) is 19.1 Å². The lowest BCUT2D eigenvalue weighted by molar-refractivity contribution is -0.683. The largest absolute Gasteiger partial charge is 1.00 e. The number of aryl methyl sites for hydroxylation is 1. The number of carbonyl (C=O) groups is 1. The highest BCUT2D eigenvalue weighted by atomic mass is 79.9. The molecule has 0 bridgehead atoms. The van der Waals surface area contributed by atoms with Gasteiger partial charge in [0.2, 0.25) is 5.51 Å². The SMILES string of the molecule is CCCCCCCCCCCCOc1ccc(OCC(=O)Nc2cccc(C[n+]3csc(C)c3)c2)cc1C(C)(C)C.[Br-]. The molecule has 0 aliphatic carbocycles. The van der Waals surface area contributed by atoms with Crippen molar-refractivity contribution in [3.8, 4) is 11.5 Å². The van der Waals surface area contributed by atoms with Crippen molar-refractivity contribution in [2.45, 2.75) is 111 Å². The van der Waals surface area contributed by atoms with Gasteiger partial charge in [0.1, 0.15) is 11.5 Å². The summed E-state index contributed by atoms with van der Waals surface area (Å²) < 4.78 is 14.3. The van der Waals surface area contributed by atoms with E-state index < -0.39 is 0 Å². The van der Waals surface area contributed by atoms with Gasteiger partial charge in [-0.25, -0.2) is 0 Å². The number of hydrogen-bond donors (Lipinski definition) is 1. The van der Waals surface area contributed by atoms with Crippen LogP contribution in [0.25, 0.3) is 0 Å². The van der Waals surface area contributed by atoms with Crippen molar-refractivity contribution >= 4 is 22.9 Å². The molecule has 1 aromatic heterocycles. The first-order valence-electron chi connectivity index (χ1n) is 15.5. The van der Waals surface area contributed by atoms with E-state index in [4.69, 9.17) is 9.47 Å². The van der Waals surface area contributed by atoms with Crippen LogP contribution in [0.2, 0.25) is 0 Å². The number of benzene rings is 2. The van der Waals surface area contributed by atoms with Crippen molar-refractivity contribution in [2.24, 2.45) is 0 Å². The van der Waals surface area contributed by atoms with Crippen LogP contribution in [0, 0.1) is 6.92 Å². The maximum Gasteiger partial charge on any atom is 0.262 e. The zero-order valence-electron chi connectivity index (χ0n) is 26.3. The van der Waals surface area contributed by atoms with Crippen LogP contribution < -0.4 is 36.3 Å². The molecule has 5 nitrogen and oxygen atoms in total. The van der Waals surface area contributed by atoms with Gasteiger partial charge in [0.15, 0.2) is 19.3 Å². The van der Waals surface area contributed by atoms with E-state index in [-0.39, 0.29) is 34.9 Å². The number of amides is 1. The summed E-state index contributed by atoms with van der Waals surface area (Å²) >= 11 is 1.72. The Morgan fingerprint density at radius 3 is 2.24 bits per heavy atom. The highest BCUT2D eigenvalue weighted by Crippen LogP contribution is 2.34. The first-order valence-corrected chi connectivity index (χ1v) is 16.4. The zero-order chi connectivity index (χ0) is 29.5. The fourth-order valence-corrected chi connectivity index (χ4v) is 5.55. The Kier molecular flexibility index (Phi) is 16.2. The van der Waals surface area contributed by atoms with Gasteiger partial charge in [0.05, 0.1) is 11.5 Å². The Morgan fingerprint density at radius 2 is 1.60 bits per heavy atom. The van der Waals surface area contributed by atoms with E-state index in [1.54, 1.807) is 11.3 Å². The predicted octanol–water partition coefficient (Wildman–Crippen LogP) is 6.01. The van der Waals surface area contributed by atoms with Crippen LogP contribution in [-0.2, 0) is 16.8 Å². The molecule has 0 aliphatic rings. The molecule has 3 aromatic rings. The lowest BCUT2D eigenvalue weighted by Gasteiger charge is -2.24. The fourth-order valence-electron chi connectivity index (χ4n) is 4.91. The fraction of sp³-hybridized carbons (Fsp3) is 0.543. The molecule has 42 heavy (non-hydrogen) atoms. The molecule has 0 spiro atoms. The smallest absolute Gasteiger partial charge is 0.262 e. The molecule has 0 saturated heterocycles. The van der Waals surface area contributed by atoms with Crippen molar-refractivity contribution in [2.75, 3.05) is 18.5 Å².